The topological polar surface area (TPSA) is 94.4 Å². The van der Waals surface area contributed by atoms with Gasteiger partial charge in [0.25, 0.3) is 0 Å². The maximum Gasteiger partial charge on any atom is 0.584 e. The molecule has 0 aliphatic carbocycles. The number of benzene rings is 2. The van der Waals surface area contributed by atoms with Crippen molar-refractivity contribution in [3.63, 3.8) is 0 Å². The van der Waals surface area contributed by atoms with E-state index in [1.54, 1.807) is 60.7 Å². The van der Waals surface area contributed by atoms with E-state index in [1.165, 1.54) is 19.3 Å². The maximum absolute atomic E-state index is 11.7. The summed E-state index contributed by atoms with van der Waals surface area (Å²) in [6.45, 7) is 4.04. The van der Waals surface area contributed by atoms with Crippen molar-refractivity contribution in [3.8, 4) is 11.5 Å². The van der Waals surface area contributed by atoms with Crippen LogP contribution < -0.4 is 9.05 Å². The van der Waals surface area contributed by atoms with Gasteiger partial charge in [-0.15, -0.1) is 4.91 Å². The lowest BCUT2D eigenvalue weighted by Crippen LogP contribution is -2.02. The molecule has 2 aromatic rings. The van der Waals surface area contributed by atoms with E-state index >= 15 is 0 Å². The van der Waals surface area contributed by atoms with E-state index in [4.69, 9.17) is 9.05 Å². The lowest BCUT2D eigenvalue weighted by atomic mass is 10.1. The number of hydrogen-bond donors (Lipinski definition) is 1. The van der Waals surface area contributed by atoms with Crippen LogP contribution in [0, 0.1) is 4.91 Å². The Labute approximate surface area is 166 Å². The molecule has 0 fully saturated rings. The van der Waals surface area contributed by atoms with Gasteiger partial charge in [-0.25, -0.2) is 4.57 Å². The zero-order valence-electron chi connectivity index (χ0n) is 16.3. The largest absolute Gasteiger partial charge is 0.584 e. The molecule has 0 aliphatic heterocycles. The molecule has 0 bridgehead atoms. The number of unbranched alkanes of at least 4 members (excludes halogenated alkanes) is 3. The number of para-hydroxylation sites is 2. The molecule has 0 spiro atoms. The second-order valence-corrected chi connectivity index (χ2v) is 7.42. The predicted octanol–water partition coefficient (Wildman–Crippen LogP) is 6.29. The normalized spacial score (nSPS) is 11.5. The zero-order chi connectivity index (χ0) is 20.7. The summed E-state index contributed by atoms with van der Waals surface area (Å²) in [5.41, 5.74) is 0. The number of phosphoric ester groups is 1. The molecule has 1 N–H and O–H groups in total. The van der Waals surface area contributed by atoms with Gasteiger partial charge in [-0.2, -0.15) is 0 Å². The minimum Gasteiger partial charge on any atom is -0.395 e. The highest BCUT2D eigenvalue weighted by atomic mass is 31.2. The Bertz CT molecular complexity index is 653. The molecule has 1 atom stereocenters. The molecule has 154 valence electrons. The molecule has 0 amide bonds. The fourth-order valence-electron chi connectivity index (χ4n) is 2.23. The average molecular weight is 409 g/mol. The van der Waals surface area contributed by atoms with Crippen molar-refractivity contribution in [3.05, 3.63) is 65.6 Å². The highest BCUT2D eigenvalue weighted by Gasteiger charge is 2.24. The highest BCUT2D eigenvalue weighted by molar-refractivity contribution is 7.48. The molecule has 1 unspecified atom stereocenters. The van der Waals surface area contributed by atoms with Gasteiger partial charge >= 0.3 is 7.82 Å². The first-order chi connectivity index (χ1) is 13.5. The van der Waals surface area contributed by atoms with Crippen LogP contribution in [-0.2, 0) is 9.40 Å². The molecule has 0 saturated heterocycles. The summed E-state index contributed by atoms with van der Waals surface area (Å²) in [7, 11) is -4.14. The molecule has 7 nitrogen and oxygen atoms in total. The molecular weight excluding hydrogens is 381 g/mol. The first-order valence-corrected chi connectivity index (χ1v) is 10.8. The maximum atomic E-state index is 11.7. The molecule has 2 rings (SSSR count). The molecule has 0 heterocycles. The van der Waals surface area contributed by atoms with Crippen LogP contribution in [0.25, 0.3) is 0 Å². The van der Waals surface area contributed by atoms with Crippen molar-refractivity contribution in [2.45, 2.75) is 52.1 Å². The van der Waals surface area contributed by atoms with Crippen molar-refractivity contribution in [1.29, 1.82) is 0 Å². The summed E-state index contributed by atoms with van der Waals surface area (Å²) >= 11 is 0. The van der Waals surface area contributed by atoms with Crippen molar-refractivity contribution in [2.75, 3.05) is 0 Å². The highest BCUT2D eigenvalue weighted by Crippen LogP contribution is 2.44. The van der Waals surface area contributed by atoms with Crippen LogP contribution in [0.3, 0.4) is 0 Å². The minimum absolute atomic E-state index is 0.00986. The molecule has 2 aromatic carbocycles. The van der Waals surface area contributed by atoms with E-state index in [0.29, 0.717) is 0 Å². The summed E-state index contributed by atoms with van der Waals surface area (Å²) < 4.78 is 21.5. The Hall–Kier alpha value is -2.37. The van der Waals surface area contributed by atoms with Gasteiger partial charge < -0.3 is 13.9 Å². The van der Waals surface area contributed by atoms with Crippen LogP contribution in [0.1, 0.15) is 46.0 Å². The summed E-state index contributed by atoms with van der Waals surface area (Å²) in [4.78, 5) is 23.7. The first-order valence-electron chi connectivity index (χ1n) is 9.27. The van der Waals surface area contributed by atoms with Gasteiger partial charge in [-0.1, -0.05) is 62.6 Å². The van der Waals surface area contributed by atoms with Crippen molar-refractivity contribution >= 4 is 7.82 Å². The van der Waals surface area contributed by atoms with Gasteiger partial charge in [0.15, 0.2) is 5.34 Å². The van der Waals surface area contributed by atoms with Gasteiger partial charge in [0.2, 0.25) is 0 Å². The third kappa shape index (κ3) is 11.4. The Kier molecular flexibility index (Phi) is 11.6. The van der Waals surface area contributed by atoms with Gasteiger partial charge in [-0.05, 0) is 44.0 Å². The van der Waals surface area contributed by atoms with Crippen LogP contribution in [0.15, 0.2) is 66.0 Å². The van der Waals surface area contributed by atoms with E-state index < -0.39 is 7.82 Å². The van der Waals surface area contributed by atoms with Crippen molar-refractivity contribution in [1.82, 2.24) is 0 Å². The number of nitrogens with zero attached hydrogens (tertiary/aromatic N) is 1. The molecule has 0 saturated carbocycles. The van der Waals surface area contributed by atoms with Gasteiger partial charge in [0, 0.05) is 0 Å². The second kappa shape index (κ2) is 13.7. The standard InChI is InChI=1S/C12H11O4P.C8H17NO2/c13-17(14,15-11-7-3-1-4-8-11)16-12-9-5-2-6-10-12;1-3-4-5-6-7-8(2)11-9-10/h1-10H,(H,13,14);8H,3-7H2,1-2H3. The van der Waals surface area contributed by atoms with Crippen molar-refractivity contribution < 1.29 is 23.3 Å². The minimum atomic E-state index is -4.14. The van der Waals surface area contributed by atoms with E-state index in [2.05, 4.69) is 17.1 Å². The van der Waals surface area contributed by atoms with Crippen LogP contribution >= 0.6 is 7.82 Å². The van der Waals surface area contributed by atoms with E-state index in [1.807, 2.05) is 6.92 Å². The Morgan fingerprint density at radius 2 is 1.43 bits per heavy atom. The zero-order valence-corrected chi connectivity index (χ0v) is 17.2. The molecule has 0 aliphatic rings. The average Bonchev–Trinajstić information content (AvgIpc) is 2.67. The number of phosphoric acid groups is 1. The quantitative estimate of drug-likeness (QED) is 0.203. The third-order valence-electron chi connectivity index (χ3n) is 3.62. The summed E-state index contributed by atoms with van der Waals surface area (Å²) in [6, 6.07) is 16.7. The summed E-state index contributed by atoms with van der Waals surface area (Å²) in [6.07, 6.45) is 5.78. The van der Waals surface area contributed by atoms with Crippen LogP contribution in [0.5, 0.6) is 11.5 Å². The van der Waals surface area contributed by atoms with Gasteiger partial charge in [0.1, 0.15) is 17.6 Å². The van der Waals surface area contributed by atoms with Crippen molar-refractivity contribution in [2.24, 2.45) is 5.34 Å². The van der Waals surface area contributed by atoms with Crippen LogP contribution in [0.2, 0.25) is 0 Å². The molecule has 28 heavy (non-hydrogen) atoms. The third-order valence-corrected chi connectivity index (χ3v) is 4.50. The fourth-order valence-corrected chi connectivity index (χ4v) is 3.05. The van der Waals surface area contributed by atoms with E-state index in [9.17, 15) is 14.4 Å². The second-order valence-electron chi connectivity index (χ2n) is 6.12. The van der Waals surface area contributed by atoms with E-state index in [-0.39, 0.29) is 17.6 Å². The molecule has 0 aromatic heterocycles. The fraction of sp³-hybridized carbons (Fsp3) is 0.400. The SMILES string of the molecule is CCCCCCC(C)ON=O.O=P(O)(Oc1ccccc1)Oc1ccccc1. The van der Waals surface area contributed by atoms with Crippen LogP contribution in [0.4, 0.5) is 0 Å². The van der Waals surface area contributed by atoms with E-state index in [0.717, 1.165) is 12.8 Å². The molecule has 8 heteroatoms. The summed E-state index contributed by atoms with van der Waals surface area (Å²) in [5, 5.41) is 2.38. The lowest BCUT2D eigenvalue weighted by Gasteiger charge is -2.13. The monoisotopic (exact) mass is 409 g/mol. The van der Waals surface area contributed by atoms with Gasteiger partial charge in [0.05, 0.1) is 0 Å². The first kappa shape index (κ1) is 23.7. The molecule has 0 radical (unpaired) electrons. The Balaban J connectivity index is 0.000000311. The Morgan fingerprint density at radius 3 is 1.86 bits per heavy atom. The predicted molar refractivity (Wildman–Crippen MR) is 109 cm³/mol. The number of rotatable bonds is 11. The lowest BCUT2D eigenvalue weighted by molar-refractivity contribution is 0.0607. The smallest absolute Gasteiger partial charge is 0.395 e. The summed E-state index contributed by atoms with van der Waals surface area (Å²) in [5.74, 6) is 0.573. The Morgan fingerprint density at radius 1 is 0.929 bits per heavy atom. The van der Waals surface area contributed by atoms with Gasteiger partial charge in [-0.3, -0.25) is 4.89 Å². The molecular formula is C20H28NO6P. The van der Waals surface area contributed by atoms with Crippen LogP contribution in [-0.4, -0.2) is 11.0 Å². The number of hydrogen-bond acceptors (Lipinski definition) is 6.